The van der Waals surface area contributed by atoms with Crippen molar-refractivity contribution in [2.45, 2.75) is 12.5 Å². The second kappa shape index (κ2) is 8.75. The molecular weight excluding hydrogens is 402 g/mol. The third-order valence-electron chi connectivity index (χ3n) is 4.58. The number of hydrogen-bond donors (Lipinski definition) is 3. The summed E-state index contributed by atoms with van der Waals surface area (Å²) in [4.78, 5) is 43.4. The zero-order valence-corrected chi connectivity index (χ0v) is 16.7. The number of anilines is 3. The number of carbonyl (C=O) groups excluding carboxylic acids is 3. The standard InChI is InChI=1S/C21H19N5O3S/c27-18-13-26(17-9-5-4-8-15(17)23-18)21(29)24-16(12-14-6-2-1-3-7-14)19(28)25-20-22-10-11-30-20/h1-11,16H,12-13H2,(H,23,27)(H,24,29)(H,22,25,28)/t16-/m0/s1. The van der Waals surface area contributed by atoms with E-state index < -0.39 is 12.1 Å². The largest absolute Gasteiger partial charge is 0.326 e. The molecule has 0 spiro atoms. The summed E-state index contributed by atoms with van der Waals surface area (Å²) in [7, 11) is 0. The number of fused-ring (bicyclic) bond motifs is 1. The fourth-order valence-corrected chi connectivity index (χ4v) is 3.71. The van der Waals surface area contributed by atoms with E-state index in [1.165, 1.54) is 16.2 Å². The Hall–Kier alpha value is -3.72. The highest BCUT2D eigenvalue weighted by Crippen LogP contribution is 2.28. The second-order valence-corrected chi connectivity index (χ2v) is 7.56. The number of nitrogens with one attached hydrogen (secondary N) is 3. The summed E-state index contributed by atoms with van der Waals surface area (Å²) < 4.78 is 0. The van der Waals surface area contributed by atoms with Crippen molar-refractivity contribution in [2.75, 3.05) is 22.1 Å². The molecule has 2 heterocycles. The molecule has 8 nitrogen and oxygen atoms in total. The van der Waals surface area contributed by atoms with E-state index in [1.54, 1.807) is 35.8 Å². The van der Waals surface area contributed by atoms with Crippen molar-refractivity contribution in [2.24, 2.45) is 0 Å². The van der Waals surface area contributed by atoms with Gasteiger partial charge in [-0.05, 0) is 17.7 Å². The predicted molar refractivity (Wildman–Crippen MR) is 116 cm³/mol. The molecule has 1 aliphatic heterocycles. The monoisotopic (exact) mass is 421 g/mol. The zero-order valence-electron chi connectivity index (χ0n) is 15.9. The lowest BCUT2D eigenvalue weighted by molar-refractivity contribution is -0.118. The Bertz CT molecular complexity index is 1060. The molecule has 0 radical (unpaired) electrons. The van der Waals surface area contributed by atoms with Crippen molar-refractivity contribution in [1.29, 1.82) is 0 Å². The summed E-state index contributed by atoms with van der Waals surface area (Å²) in [5, 5.41) is 10.5. The molecule has 1 aliphatic rings. The van der Waals surface area contributed by atoms with E-state index in [-0.39, 0.29) is 18.4 Å². The van der Waals surface area contributed by atoms with E-state index in [4.69, 9.17) is 0 Å². The normalized spacial score (nSPS) is 13.7. The number of hydrogen-bond acceptors (Lipinski definition) is 5. The van der Waals surface area contributed by atoms with Crippen LogP contribution in [0.5, 0.6) is 0 Å². The first-order chi connectivity index (χ1) is 14.6. The Morgan fingerprint density at radius 1 is 1.13 bits per heavy atom. The van der Waals surface area contributed by atoms with Gasteiger partial charge in [0.2, 0.25) is 11.8 Å². The lowest BCUT2D eigenvalue weighted by Gasteiger charge is -2.30. The number of rotatable bonds is 5. The van der Waals surface area contributed by atoms with Gasteiger partial charge < -0.3 is 16.0 Å². The topological polar surface area (TPSA) is 103 Å². The third kappa shape index (κ3) is 4.47. The van der Waals surface area contributed by atoms with E-state index in [0.717, 1.165) is 5.56 Å². The van der Waals surface area contributed by atoms with Gasteiger partial charge in [0.1, 0.15) is 12.6 Å². The molecule has 0 fully saturated rings. The van der Waals surface area contributed by atoms with Crippen molar-refractivity contribution in [3.8, 4) is 0 Å². The van der Waals surface area contributed by atoms with Gasteiger partial charge in [0.05, 0.1) is 11.4 Å². The summed E-state index contributed by atoms with van der Waals surface area (Å²) in [6, 6.07) is 15.1. The summed E-state index contributed by atoms with van der Waals surface area (Å²) >= 11 is 1.29. The minimum Gasteiger partial charge on any atom is -0.326 e. The molecule has 3 aromatic rings. The van der Waals surface area contributed by atoms with Gasteiger partial charge in [-0.3, -0.25) is 14.5 Å². The molecule has 4 amide bonds. The van der Waals surface area contributed by atoms with Crippen LogP contribution in [0.25, 0.3) is 0 Å². The van der Waals surface area contributed by atoms with Crippen LogP contribution in [0.3, 0.4) is 0 Å². The van der Waals surface area contributed by atoms with E-state index in [9.17, 15) is 14.4 Å². The molecule has 30 heavy (non-hydrogen) atoms. The molecule has 9 heteroatoms. The average Bonchev–Trinajstić information content (AvgIpc) is 3.26. The van der Waals surface area contributed by atoms with E-state index in [2.05, 4.69) is 20.9 Å². The number of nitrogens with zero attached hydrogens (tertiary/aromatic N) is 2. The van der Waals surface area contributed by atoms with E-state index >= 15 is 0 Å². The molecule has 3 N–H and O–H groups in total. The van der Waals surface area contributed by atoms with Crippen LogP contribution in [0.4, 0.5) is 21.3 Å². The molecule has 1 atom stereocenters. The Balaban J connectivity index is 1.55. The van der Waals surface area contributed by atoms with E-state index in [0.29, 0.717) is 22.9 Å². The van der Waals surface area contributed by atoms with Crippen LogP contribution in [-0.4, -0.2) is 35.4 Å². The van der Waals surface area contributed by atoms with Crippen molar-refractivity contribution in [3.05, 3.63) is 71.7 Å². The third-order valence-corrected chi connectivity index (χ3v) is 5.26. The van der Waals surface area contributed by atoms with Gasteiger partial charge in [0.15, 0.2) is 5.13 Å². The molecule has 4 rings (SSSR count). The quantitative estimate of drug-likeness (QED) is 0.589. The van der Waals surface area contributed by atoms with Crippen LogP contribution in [0.1, 0.15) is 5.56 Å². The maximum absolute atomic E-state index is 13.1. The molecule has 0 unspecified atom stereocenters. The maximum Gasteiger partial charge on any atom is 0.323 e. The lowest BCUT2D eigenvalue weighted by atomic mass is 10.1. The Labute approximate surface area is 176 Å². The van der Waals surface area contributed by atoms with Crippen LogP contribution in [0.2, 0.25) is 0 Å². The summed E-state index contributed by atoms with van der Waals surface area (Å²) in [5.41, 5.74) is 2.03. The fourth-order valence-electron chi connectivity index (χ4n) is 3.18. The van der Waals surface area contributed by atoms with Gasteiger partial charge in [-0.15, -0.1) is 11.3 Å². The predicted octanol–water partition coefficient (Wildman–Crippen LogP) is 2.86. The van der Waals surface area contributed by atoms with Crippen LogP contribution < -0.4 is 20.9 Å². The van der Waals surface area contributed by atoms with Crippen molar-refractivity contribution < 1.29 is 14.4 Å². The number of urea groups is 1. The molecular formula is C21H19N5O3S. The second-order valence-electron chi connectivity index (χ2n) is 6.67. The first-order valence-electron chi connectivity index (χ1n) is 9.31. The van der Waals surface area contributed by atoms with Gasteiger partial charge in [-0.2, -0.15) is 0 Å². The first-order valence-corrected chi connectivity index (χ1v) is 10.2. The summed E-state index contributed by atoms with van der Waals surface area (Å²) in [6.07, 6.45) is 1.89. The fraction of sp³-hybridized carbons (Fsp3) is 0.143. The number of para-hydroxylation sites is 2. The van der Waals surface area contributed by atoms with Gasteiger partial charge >= 0.3 is 6.03 Å². The number of amides is 4. The molecule has 0 bridgehead atoms. The van der Waals surface area contributed by atoms with E-state index in [1.807, 2.05) is 30.3 Å². The molecule has 0 saturated carbocycles. The minimum absolute atomic E-state index is 0.130. The Morgan fingerprint density at radius 2 is 1.90 bits per heavy atom. The van der Waals surface area contributed by atoms with Crippen LogP contribution in [0, 0.1) is 0 Å². The minimum atomic E-state index is -0.846. The summed E-state index contributed by atoms with van der Waals surface area (Å²) in [6.45, 7) is -0.130. The lowest BCUT2D eigenvalue weighted by Crippen LogP contribution is -2.53. The van der Waals surface area contributed by atoms with Crippen LogP contribution in [0.15, 0.2) is 66.2 Å². The number of aromatic nitrogens is 1. The SMILES string of the molecule is O=C1CN(C(=O)N[C@@H](Cc2ccccc2)C(=O)Nc2nccs2)c2ccccc2N1. The van der Waals surface area contributed by atoms with Gasteiger partial charge in [-0.25, -0.2) is 9.78 Å². The van der Waals surface area contributed by atoms with Crippen LogP contribution in [-0.2, 0) is 16.0 Å². The van der Waals surface area contributed by atoms with Crippen molar-refractivity contribution >= 4 is 45.7 Å². The van der Waals surface area contributed by atoms with Crippen molar-refractivity contribution in [3.63, 3.8) is 0 Å². The number of carbonyl (C=O) groups is 3. The number of thiazole rings is 1. The van der Waals surface area contributed by atoms with Crippen molar-refractivity contribution in [1.82, 2.24) is 10.3 Å². The van der Waals surface area contributed by atoms with Gasteiger partial charge in [0.25, 0.3) is 0 Å². The Morgan fingerprint density at radius 3 is 2.67 bits per heavy atom. The molecule has 0 aliphatic carbocycles. The highest BCUT2D eigenvalue weighted by molar-refractivity contribution is 7.13. The Kier molecular flexibility index (Phi) is 5.71. The highest BCUT2D eigenvalue weighted by Gasteiger charge is 2.30. The zero-order chi connectivity index (χ0) is 20.9. The molecule has 2 aromatic carbocycles. The molecule has 152 valence electrons. The summed E-state index contributed by atoms with van der Waals surface area (Å²) in [5.74, 6) is -0.674. The molecule has 0 saturated heterocycles. The van der Waals surface area contributed by atoms with Crippen LogP contribution >= 0.6 is 11.3 Å². The number of benzene rings is 2. The smallest absolute Gasteiger partial charge is 0.323 e. The average molecular weight is 421 g/mol. The highest BCUT2D eigenvalue weighted by atomic mass is 32.1. The first kappa shape index (κ1) is 19.6. The maximum atomic E-state index is 13.1. The van der Waals surface area contributed by atoms with Gasteiger partial charge in [0, 0.05) is 18.0 Å². The van der Waals surface area contributed by atoms with Gasteiger partial charge in [-0.1, -0.05) is 42.5 Å². The molecule has 1 aromatic heterocycles.